The minimum Gasteiger partial charge on any atom is -0.382 e. The van der Waals surface area contributed by atoms with Crippen molar-refractivity contribution in [3.8, 4) is 0 Å². The summed E-state index contributed by atoms with van der Waals surface area (Å²) >= 11 is 0. The van der Waals surface area contributed by atoms with Crippen molar-refractivity contribution < 1.29 is 22.7 Å². The molecule has 6 heteroatoms. The summed E-state index contributed by atoms with van der Waals surface area (Å²) in [5.74, 6) is -1.28. The molecule has 0 aliphatic heterocycles. The van der Waals surface area contributed by atoms with E-state index in [1.54, 1.807) is 0 Å². The molecule has 0 aliphatic rings. The van der Waals surface area contributed by atoms with Gasteiger partial charge >= 0.3 is 0 Å². The molecule has 0 aliphatic carbocycles. The second-order valence-corrected chi connectivity index (χ2v) is 5.68. The van der Waals surface area contributed by atoms with Gasteiger partial charge in [-0.25, -0.2) is 12.8 Å². The van der Waals surface area contributed by atoms with Crippen LogP contribution in [-0.2, 0) is 14.6 Å². The molecule has 0 saturated heterocycles. The predicted molar refractivity (Wildman–Crippen MR) is 55.1 cm³/mol. The fraction of sp³-hybridized carbons (Fsp3) is 0.300. The van der Waals surface area contributed by atoms with E-state index in [1.807, 2.05) is 0 Å². The van der Waals surface area contributed by atoms with Crippen LogP contribution in [0, 0.1) is 5.82 Å². The smallest absolute Gasteiger partial charge is 0.181 e. The molecule has 1 rings (SSSR count). The molecule has 0 radical (unpaired) electrons. The Bertz CT molecular complexity index is 476. The van der Waals surface area contributed by atoms with E-state index in [1.165, 1.54) is 0 Å². The van der Waals surface area contributed by atoms with Crippen LogP contribution in [0.15, 0.2) is 29.2 Å². The summed E-state index contributed by atoms with van der Waals surface area (Å²) in [4.78, 5) is 10.3. The molecule has 1 N–H and O–H groups in total. The van der Waals surface area contributed by atoms with E-state index in [2.05, 4.69) is 0 Å². The summed E-state index contributed by atoms with van der Waals surface area (Å²) in [6.07, 6.45) is 0.161. The maximum atomic E-state index is 12.6. The molecule has 0 fully saturated rings. The first-order valence-electron chi connectivity index (χ1n) is 4.44. The lowest BCUT2D eigenvalue weighted by atomic mass is 10.2. The number of carbonyl (C=O) groups is 1. The molecule has 0 spiro atoms. The van der Waals surface area contributed by atoms with Crippen LogP contribution < -0.4 is 0 Å². The number of halogens is 1. The van der Waals surface area contributed by atoms with Gasteiger partial charge in [0, 0.05) is 0 Å². The Morgan fingerprint density at radius 1 is 1.38 bits per heavy atom. The second kappa shape index (κ2) is 4.31. The third kappa shape index (κ3) is 3.11. The van der Waals surface area contributed by atoms with Gasteiger partial charge in [0.2, 0.25) is 0 Å². The van der Waals surface area contributed by atoms with Crippen LogP contribution in [0.2, 0.25) is 0 Å². The van der Waals surface area contributed by atoms with Gasteiger partial charge in [-0.2, -0.15) is 0 Å². The summed E-state index contributed by atoms with van der Waals surface area (Å²) in [5, 5.41) is 9.35. The molecule has 0 aromatic heterocycles. The van der Waals surface area contributed by atoms with Crippen molar-refractivity contribution >= 4 is 16.1 Å². The maximum Gasteiger partial charge on any atom is 0.181 e. The Morgan fingerprint density at radius 2 is 1.88 bits per heavy atom. The van der Waals surface area contributed by atoms with Crippen LogP contribution in [0.25, 0.3) is 0 Å². The van der Waals surface area contributed by atoms with E-state index in [4.69, 9.17) is 0 Å². The zero-order valence-corrected chi connectivity index (χ0v) is 9.37. The quantitative estimate of drug-likeness (QED) is 0.622. The van der Waals surface area contributed by atoms with E-state index >= 15 is 0 Å². The van der Waals surface area contributed by atoms with Gasteiger partial charge in [-0.05, 0) is 31.2 Å². The Hall–Kier alpha value is -1.27. The highest BCUT2D eigenvalue weighted by atomic mass is 32.2. The lowest BCUT2D eigenvalue weighted by molar-refractivity contribution is -0.120. The van der Waals surface area contributed by atoms with Crippen molar-refractivity contribution in [3.05, 3.63) is 30.1 Å². The zero-order chi connectivity index (χ0) is 12.4. The first kappa shape index (κ1) is 12.8. The summed E-state index contributed by atoms with van der Waals surface area (Å²) < 4.78 is 35.9. The Labute approximate surface area is 92.6 Å². The number of sulfone groups is 1. The molecule has 16 heavy (non-hydrogen) atoms. The van der Waals surface area contributed by atoms with E-state index < -0.39 is 27.0 Å². The van der Waals surface area contributed by atoms with E-state index in [9.17, 15) is 22.7 Å². The molecule has 0 heterocycles. The third-order valence-corrected chi connectivity index (χ3v) is 3.86. The highest BCUT2D eigenvalue weighted by Crippen LogP contribution is 2.15. The summed E-state index contributed by atoms with van der Waals surface area (Å²) in [6.45, 7) is 1.10. The molecule has 1 aromatic carbocycles. The second-order valence-electron chi connectivity index (χ2n) is 3.69. The van der Waals surface area contributed by atoms with Crippen LogP contribution in [0.4, 0.5) is 4.39 Å². The average molecular weight is 246 g/mol. The predicted octanol–water partition coefficient (Wildman–Crippen LogP) is 0.549. The van der Waals surface area contributed by atoms with Crippen molar-refractivity contribution in [1.82, 2.24) is 0 Å². The molecule has 1 aromatic rings. The standard InChI is InChI=1S/C10H11FO4S/c1-10(13,6-12)7-16(14,15)9-4-2-8(11)3-5-9/h2-6,13H,7H2,1H3. The third-order valence-electron chi connectivity index (χ3n) is 1.91. The lowest BCUT2D eigenvalue weighted by Gasteiger charge is -2.15. The highest BCUT2D eigenvalue weighted by Gasteiger charge is 2.29. The lowest BCUT2D eigenvalue weighted by Crippen LogP contribution is -2.35. The summed E-state index contributed by atoms with van der Waals surface area (Å²) in [7, 11) is -3.79. The molecule has 88 valence electrons. The average Bonchev–Trinajstić information content (AvgIpc) is 2.17. The number of benzene rings is 1. The van der Waals surface area contributed by atoms with Crippen molar-refractivity contribution in [3.63, 3.8) is 0 Å². The van der Waals surface area contributed by atoms with Gasteiger partial charge in [0.15, 0.2) is 16.1 Å². The highest BCUT2D eigenvalue weighted by molar-refractivity contribution is 7.91. The first-order valence-corrected chi connectivity index (χ1v) is 6.09. The molecular weight excluding hydrogens is 235 g/mol. The van der Waals surface area contributed by atoms with Gasteiger partial charge in [-0.1, -0.05) is 0 Å². The van der Waals surface area contributed by atoms with Crippen LogP contribution in [-0.4, -0.2) is 31.2 Å². The van der Waals surface area contributed by atoms with Crippen molar-refractivity contribution in [2.75, 3.05) is 5.75 Å². The maximum absolute atomic E-state index is 12.6. The fourth-order valence-corrected chi connectivity index (χ4v) is 2.70. The summed E-state index contributed by atoms with van der Waals surface area (Å²) in [6, 6.07) is 4.18. The molecule has 1 atom stereocenters. The monoisotopic (exact) mass is 246 g/mol. The van der Waals surface area contributed by atoms with Crippen molar-refractivity contribution in [1.29, 1.82) is 0 Å². The van der Waals surface area contributed by atoms with Crippen LogP contribution in [0.1, 0.15) is 6.92 Å². The molecule has 1 unspecified atom stereocenters. The minimum atomic E-state index is -3.79. The molecular formula is C10H11FO4S. The van der Waals surface area contributed by atoms with Crippen LogP contribution in [0.3, 0.4) is 0 Å². The minimum absolute atomic E-state index is 0.129. The van der Waals surface area contributed by atoms with Gasteiger partial charge in [-0.3, -0.25) is 0 Å². The van der Waals surface area contributed by atoms with Crippen molar-refractivity contribution in [2.45, 2.75) is 17.4 Å². The number of carbonyl (C=O) groups excluding carboxylic acids is 1. The number of hydrogen-bond donors (Lipinski definition) is 1. The van der Waals surface area contributed by atoms with Crippen molar-refractivity contribution in [2.24, 2.45) is 0 Å². The Balaban J connectivity index is 3.04. The van der Waals surface area contributed by atoms with Gasteiger partial charge in [0.05, 0.1) is 10.6 Å². The number of aliphatic hydroxyl groups is 1. The fourth-order valence-electron chi connectivity index (χ4n) is 1.14. The summed E-state index contributed by atoms with van der Waals surface area (Å²) in [5.41, 5.74) is -1.94. The Morgan fingerprint density at radius 3 is 2.31 bits per heavy atom. The normalized spacial score (nSPS) is 15.4. The molecule has 0 saturated carbocycles. The molecule has 4 nitrogen and oxygen atoms in total. The van der Waals surface area contributed by atoms with Crippen LogP contribution in [0.5, 0.6) is 0 Å². The molecule has 0 amide bonds. The largest absolute Gasteiger partial charge is 0.382 e. The SMILES string of the molecule is CC(O)(C=O)CS(=O)(=O)c1ccc(F)cc1. The van der Waals surface area contributed by atoms with Gasteiger partial charge in [0.25, 0.3) is 0 Å². The number of hydrogen-bond acceptors (Lipinski definition) is 4. The Kier molecular flexibility index (Phi) is 3.44. The first-order chi connectivity index (χ1) is 7.27. The van der Waals surface area contributed by atoms with Gasteiger partial charge in [0.1, 0.15) is 11.4 Å². The zero-order valence-electron chi connectivity index (χ0n) is 8.55. The topological polar surface area (TPSA) is 71.4 Å². The number of aldehydes is 1. The van der Waals surface area contributed by atoms with Crippen LogP contribution >= 0.6 is 0 Å². The molecule has 0 bridgehead atoms. The van der Waals surface area contributed by atoms with Gasteiger partial charge < -0.3 is 9.90 Å². The number of rotatable bonds is 4. The van der Waals surface area contributed by atoms with E-state index in [-0.39, 0.29) is 11.2 Å². The van der Waals surface area contributed by atoms with E-state index in [0.29, 0.717) is 0 Å². The van der Waals surface area contributed by atoms with E-state index in [0.717, 1.165) is 31.2 Å². The van der Waals surface area contributed by atoms with Gasteiger partial charge in [-0.15, -0.1) is 0 Å².